The van der Waals surface area contributed by atoms with Gasteiger partial charge in [-0.3, -0.25) is 14.5 Å². The van der Waals surface area contributed by atoms with Crippen LogP contribution in [0.5, 0.6) is 0 Å². The second-order valence-electron chi connectivity index (χ2n) is 5.22. The molecule has 0 fully saturated rings. The van der Waals surface area contributed by atoms with Gasteiger partial charge in [-0.05, 0) is 33.8 Å². The van der Waals surface area contributed by atoms with Crippen LogP contribution in [-0.2, 0) is 16.1 Å². The van der Waals surface area contributed by atoms with Crippen molar-refractivity contribution in [1.82, 2.24) is 14.8 Å². The van der Waals surface area contributed by atoms with E-state index in [2.05, 4.69) is 10.1 Å². The summed E-state index contributed by atoms with van der Waals surface area (Å²) >= 11 is 0. The first kappa shape index (κ1) is 12.5. The average Bonchev–Trinajstić information content (AvgIpc) is 2.54. The van der Waals surface area contributed by atoms with Gasteiger partial charge in [0.15, 0.2) is 0 Å². The average molecular weight is 247 g/mol. The van der Waals surface area contributed by atoms with E-state index in [1.165, 1.54) is 0 Å². The quantitative estimate of drug-likeness (QED) is 0.762. The number of carbonyl (C=O) groups is 1. The first-order chi connectivity index (χ1) is 8.37. The number of nitrogens with zero attached hydrogens (tertiary/aromatic N) is 3. The molecule has 18 heavy (non-hydrogen) atoms. The van der Waals surface area contributed by atoms with Gasteiger partial charge in [0.2, 0.25) is 0 Å². The van der Waals surface area contributed by atoms with Crippen LogP contribution in [0.1, 0.15) is 26.5 Å². The zero-order valence-corrected chi connectivity index (χ0v) is 11.1. The Kier molecular flexibility index (Phi) is 3.07. The van der Waals surface area contributed by atoms with Crippen LogP contribution in [0.3, 0.4) is 0 Å². The topological polar surface area (TPSA) is 57.0 Å². The van der Waals surface area contributed by atoms with Crippen molar-refractivity contribution in [3.63, 3.8) is 0 Å². The van der Waals surface area contributed by atoms with Gasteiger partial charge in [0.1, 0.15) is 12.1 Å². The summed E-state index contributed by atoms with van der Waals surface area (Å²) in [6.07, 6.45) is 3.43. The summed E-state index contributed by atoms with van der Waals surface area (Å²) < 4.78 is 6.91. The molecular weight excluding hydrogens is 230 g/mol. The minimum Gasteiger partial charge on any atom is -0.459 e. The van der Waals surface area contributed by atoms with Crippen molar-refractivity contribution in [2.75, 3.05) is 0 Å². The third-order valence-electron chi connectivity index (χ3n) is 2.44. The Morgan fingerprint density at radius 3 is 2.83 bits per heavy atom. The summed E-state index contributed by atoms with van der Waals surface area (Å²) in [6.45, 7) is 7.55. The van der Waals surface area contributed by atoms with E-state index in [4.69, 9.17) is 4.74 Å². The molecule has 0 radical (unpaired) electrons. The van der Waals surface area contributed by atoms with Gasteiger partial charge in [-0.25, -0.2) is 0 Å². The lowest BCUT2D eigenvalue weighted by Crippen LogP contribution is -2.26. The summed E-state index contributed by atoms with van der Waals surface area (Å²) in [5.41, 5.74) is 1.25. The molecule has 0 amide bonds. The minimum atomic E-state index is -0.479. The van der Waals surface area contributed by atoms with Crippen molar-refractivity contribution in [3.05, 3.63) is 24.2 Å². The summed E-state index contributed by atoms with van der Waals surface area (Å²) in [5, 5.41) is 5.34. The number of fused-ring (bicyclic) bond motifs is 1. The highest BCUT2D eigenvalue weighted by atomic mass is 16.6. The maximum Gasteiger partial charge on any atom is 0.328 e. The van der Waals surface area contributed by atoms with Crippen molar-refractivity contribution in [2.24, 2.45) is 0 Å². The van der Waals surface area contributed by atoms with E-state index in [9.17, 15) is 4.79 Å². The molecule has 2 heterocycles. The lowest BCUT2D eigenvalue weighted by atomic mass is 10.2. The molecule has 0 aliphatic heterocycles. The molecule has 0 spiro atoms. The second-order valence-corrected chi connectivity index (χ2v) is 5.22. The van der Waals surface area contributed by atoms with Gasteiger partial charge in [0.25, 0.3) is 0 Å². The molecule has 0 atom stereocenters. The Morgan fingerprint density at radius 1 is 1.44 bits per heavy atom. The summed E-state index contributed by atoms with van der Waals surface area (Å²) in [7, 11) is 0. The highest BCUT2D eigenvalue weighted by Gasteiger charge is 2.18. The van der Waals surface area contributed by atoms with E-state index in [1.807, 2.05) is 33.8 Å². The summed E-state index contributed by atoms with van der Waals surface area (Å²) in [6, 6.07) is 1.89. The van der Waals surface area contributed by atoms with Crippen molar-refractivity contribution >= 4 is 16.9 Å². The number of pyridine rings is 1. The number of aromatic nitrogens is 3. The fraction of sp³-hybridized carbons (Fsp3) is 0.462. The smallest absolute Gasteiger partial charge is 0.328 e. The van der Waals surface area contributed by atoms with Gasteiger partial charge in [0.05, 0.1) is 17.4 Å². The summed E-state index contributed by atoms with van der Waals surface area (Å²) in [4.78, 5) is 15.8. The van der Waals surface area contributed by atoms with Gasteiger partial charge in [-0.15, -0.1) is 0 Å². The minimum absolute atomic E-state index is 0.104. The van der Waals surface area contributed by atoms with E-state index in [0.717, 1.165) is 16.6 Å². The lowest BCUT2D eigenvalue weighted by molar-refractivity contribution is -0.155. The predicted octanol–water partition coefficient (Wildman–Crippen LogP) is 2.08. The van der Waals surface area contributed by atoms with Gasteiger partial charge in [-0.1, -0.05) is 0 Å². The van der Waals surface area contributed by atoms with Crippen LogP contribution in [0.25, 0.3) is 10.9 Å². The molecule has 2 rings (SSSR count). The number of ether oxygens (including phenoxy) is 1. The Labute approximate surface area is 106 Å². The third-order valence-corrected chi connectivity index (χ3v) is 2.44. The Hall–Kier alpha value is -1.91. The molecule has 0 bridgehead atoms. The molecule has 5 nitrogen and oxygen atoms in total. The highest BCUT2D eigenvalue weighted by Crippen LogP contribution is 2.16. The van der Waals surface area contributed by atoms with Gasteiger partial charge < -0.3 is 4.74 Å². The van der Waals surface area contributed by atoms with Crippen LogP contribution in [0.2, 0.25) is 0 Å². The monoisotopic (exact) mass is 247 g/mol. The largest absolute Gasteiger partial charge is 0.459 e. The van der Waals surface area contributed by atoms with E-state index < -0.39 is 5.60 Å². The van der Waals surface area contributed by atoms with Crippen molar-refractivity contribution in [1.29, 1.82) is 0 Å². The zero-order valence-electron chi connectivity index (χ0n) is 11.1. The van der Waals surface area contributed by atoms with E-state index in [0.29, 0.717) is 0 Å². The lowest BCUT2D eigenvalue weighted by Gasteiger charge is -2.19. The van der Waals surface area contributed by atoms with Crippen LogP contribution >= 0.6 is 0 Å². The Balaban J connectivity index is 2.25. The number of aryl methyl sites for hydroxylation is 1. The van der Waals surface area contributed by atoms with Crippen LogP contribution in [0.4, 0.5) is 0 Å². The number of carbonyl (C=O) groups excluding carboxylic acids is 1. The fourth-order valence-corrected chi connectivity index (χ4v) is 1.80. The standard InChI is InChI=1S/C13H17N3O2/c1-9-10-5-6-14-7-11(10)16(15-9)8-12(17)18-13(2,3)4/h5-7H,8H2,1-4H3. The van der Waals surface area contributed by atoms with Crippen molar-refractivity contribution in [3.8, 4) is 0 Å². The van der Waals surface area contributed by atoms with E-state index >= 15 is 0 Å². The highest BCUT2D eigenvalue weighted by molar-refractivity contribution is 5.82. The number of rotatable bonds is 2. The molecule has 5 heteroatoms. The normalized spacial score (nSPS) is 11.8. The zero-order chi connectivity index (χ0) is 13.3. The molecule has 0 aliphatic rings. The molecule has 0 aliphatic carbocycles. The molecule has 2 aromatic rings. The molecule has 96 valence electrons. The Morgan fingerprint density at radius 2 is 2.17 bits per heavy atom. The SMILES string of the molecule is Cc1nn(CC(=O)OC(C)(C)C)c2cnccc12. The third kappa shape index (κ3) is 2.67. The Bertz CT molecular complexity index is 581. The van der Waals surface area contributed by atoms with Crippen LogP contribution in [0.15, 0.2) is 18.5 Å². The molecular formula is C13H17N3O2. The van der Waals surface area contributed by atoms with Gasteiger partial charge in [-0.2, -0.15) is 5.10 Å². The predicted molar refractivity (Wildman–Crippen MR) is 68.1 cm³/mol. The fourth-order valence-electron chi connectivity index (χ4n) is 1.80. The van der Waals surface area contributed by atoms with Gasteiger partial charge in [0, 0.05) is 11.6 Å². The number of hydrogen-bond donors (Lipinski definition) is 0. The number of esters is 1. The van der Waals surface area contributed by atoms with E-state index in [-0.39, 0.29) is 12.5 Å². The van der Waals surface area contributed by atoms with Crippen LogP contribution in [-0.4, -0.2) is 26.3 Å². The van der Waals surface area contributed by atoms with Gasteiger partial charge >= 0.3 is 5.97 Å². The molecule has 0 N–H and O–H groups in total. The maximum absolute atomic E-state index is 11.8. The molecule has 0 saturated carbocycles. The first-order valence-electron chi connectivity index (χ1n) is 5.86. The van der Waals surface area contributed by atoms with Crippen LogP contribution in [0, 0.1) is 6.92 Å². The second kappa shape index (κ2) is 4.40. The van der Waals surface area contributed by atoms with Crippen LogP contribution < -0.4 is 0 Å². The van der Waals surface area contributed by atoms with Crippen molar-refractivity contribution < 1.29 is 9.53 Å². The molecule has 0 aromatic carbocycles. The first-order valence-corrected chi connectivity index (χ1v) is 5.86. The van der Waals surface area contributed by atoms with E-state index in [1.54, 1.807) is 17.1 Å². The number of hydrogen-bond acceptors (Lipinski definition) is 4. The molecule has 0 unspecified atom stereocenters. The van der Waals surface area contributed by atoms with Crippen molar-refractivity contribution in [2.45, 2.75) is 39.8 Å². The molecule has 2 aromatic heterocycles. The maximum atomic E-state index is 11.8. The molecule has 0 saturated heterocycles. The summed E-state index contributed by atoms with van der Waals surface area (Å²) in [5.74, 6) is -0.296.